The molecule has 142 valence electrons. The molecule has 3 aromatic rings. The fourth-order valence-corrected chi connectivity index (χ4v) is 3.95. The summed E-state index contributed by atoms with van der Waals surface area (Å²) in [6.07, 6.45) is 6.00. The van der Waals surface area contributed by atoms with Gasteiger partial charge in [-0.05, 0) is 50.9 Å². The van der Waals surface area contributed by atoms with Gasteiger partial charge in [-0.2, -0.15) is 5.10 Å². The molecule has 0 bridgehead atoms. The predicted octanol–water partition coefficient (Wildman–Crippen LogP) is 3.53. The Kier molecular flexibility index (Phi) is 5.07. The minimum absolute atomic E-state index is 0.193. The molecule has 1 aliphatic heterocycles. The van der Waals surface area contributed by atoms with Gasteiger partial charge < -0.3 is 4.74 Å². The molecule has 1 aromatic carbocycles. The van der Waals surface area contributed by atoms with Crippen molar-refractivity contribution in [2.45, 2.75) is 45.3 Å². The third-order valence-corrected chi connectivity index (χ3v) is 5.05. The quantitative estimate of drug-likeness (QED) is 0.692. The zero-order valence-electron chi connectivity index (χ0n) is 16.3. The third kappa shape index (κ3) is 3.95. The highest BCUT2D eigenvalue weighted by Crippen LogP contribution is 2.30. The van der Waals surface area contributed by atoms with Crippen LogP contribution in [0.3, 0.4) is 0 Å². The zero-order chi connectivity index (χ0) is 18.8. The lowest BCUT2D eigenvalue weighted by Gasteiger charge is -2.32. The van der Waals surface area contributed by atoms with E-state index in [0.29, 0.717) is 5.92 Å². The number of aryl methyl sites for hydroxylation is 1. The van der Waals surface area contributed by atoms with Crippen LogP contribution in [0.25, 0.3) is 11.2 Å². The number of nitrogens with zero attached hydrogens (tertiary/aromatic N) is 5. The SMILES string of the molecule is CC(C)Oc1cccc(CN2CCC[C@@H](c3nn(C)c4nccnc34)C2)c1. The van der Waals surface area contributed by atoms with Gasteiger partial charge in [0, 0.05) is 38.4 Å². The highest BCUT2D eigenvalue weighted by atomic mass is 16.5. The van der Waals surface area contributed by atoms with Gasteiger partial charge in [-0.1, -0.05) is 12.1 Å². The summed E-state index contributed by atoms with van der Waals surface area (Å²) in [4.78, 5) is 11.5. The van der Waals surface area contributed by atoms with E-state index in [4.69, 9.17) is 9.84 Å². The van der Waals surface area contributed by atoms with Crippen LogP contribution in [0, 0.1) is 0 Å². The maximum atomic E-state index is 5.84. The molecule has 1 saturated heterocycles. The first-order valence-corrected chi connectivity index (χ1v) is 9.71. The minimum Gasteiger partial charge on any atom is -0.491 e. The lowest BCUT2D eigenvalue weighted by Crippen LogP contribution is -2.34. The highest BCUT2D eigenvalue weighted by Gasteiger charge is 2.26. The number of ether oxygens (including phenoxy) is 1. The second-order valence-electron chi connectivity index (χ2n) is 7.63. The Balaban J connectivity index is 1.50. The van der Waals surface area contributed by atoms with E-state index in [1.54, 1.807) is 12.4 Å². The van der Waals surface area contributed by atoms with Gasteiger partial charge in [0.25, 0.3) is 0 Å². The average Bonchev–Trinajstić information content (AvgIpc) is 2.99. The highest BCUT2D eigenvalue weighted by molar-refractivity contribution is 5.73. The molecule has 6 nitrogen and oxygen atoms in total. The number of aromatic nitrogens is 4. The van der Waals surface area contributed by atoms with Crippen molar-refractivity contribution in [3.63, 3.8) is 0 Å². The molecule has 1 aliphatic rings. The summed E-state index contributed by atoms with van der Waals surface area (Å²) in [5.41, 5.74) is 4.18. The van der Waals surface area contributed by atoms with E-state index in [1.165, 1.54) is 12.0 Å². The van der Waals surface area contributed by atoms with E-state index in [1.807, 2.05) is 17.8 Å². The van der Waals surface area contributed by atoms with Crippen LogP contribution < -0.4 is 4.74 Å². The van der Waals surface area contributed by atoms with E-state index in [2.05, 4.69) is 46.9 Å². The van der Waals surface area contributed by atoms with Crippen LogP contribution in [0.1, 0.15) is 43.9 Å². The molecule has 0 radical (unpaired) electrons. The largest absolute Gasteiger partial charge is 0.491 e. The lowest BCUT2D eigenvalue weighted by molar-refractivity contribution is 0.198. The maximum absolute atomic E-state index is 5.84. The van der Waals surface area contributed by atoms with E-state index in [0.717, 1.165) is 48.7 Å². The molecule has 1 fully saturated rings. The first kappa shape index (κ1) is 17.9. The van der Waals surface area contributed by atoms with Crippen molar-refractivity contribution in [3.05, 3.63) is 47.9 Å². The van der Waals surface area contributed by atoms with Gasteiger partial charge in [-0.25, -0.2) is 14.6 Å². The topological polar surface area (TPSA) is 56.1 Å². The van der Waals surface area contributed by atoms with Crippen LogP contribution in [0.15, 0.2) is 36.7 Å². The number of piperidine rings is 1. The molecule has 3 heterocycles. The normalized spacial score (nSPS) is 18.3. The molecule has 0 saturated carbocycles. The standard InChI is InChI=1S/C21H27N5O/c1-15(2)27-18-8-4-6-16(12-18)13-26-11-5-7-17(14-26)19-20-21(25(3)24-19)23-10-9-22-20/h4,6,8-10,12,15,17H,5,7,11,13-14H2,1-3H3/t17-/m1/s1. The average molecular weight is 365 g/mol. The Morgan fingerprint density at radius 1 is 1.22 bits per heavy atom. The molecule has 27 heavy (non-hydrogen) atoms. The second-order valence-corrected chi connectivity index (χ2v) is 7.63. The smallest absolute Gasteiger partial charge is 0.176 e. The molecule has 0 spiro atoms. The summed E-state index contributed by atoms with van der Waals surface area (Å²) in [6.45, 7) is 7.16. The van der Waals surface area contributed by atoms with Crippen molar-refractivity contribution >= 4 is 11.2 Å². The molecule has 0 unspecified atom stereocenters. The molecule has 4 rings (SSSR count). The van der Waals surface area contributed by atoms with Gasteiger partial charge in [0.1, 0.15) is 11.3 Å². The summed E-state index contributed by atoms with van der Waals surface area (Å²) in [7, 11) is 1.95. The number of likely N-dealkylation sites (tertiary alicyclic amines) is 1. The summed E-state index contributed by atoms with van der Waals surface area (Å²) in [5, 5.41) is 4.75. The van der Waals surface area contributed by atoms with Crippen molar-refractivity contribution in [2.75, 3.05) is 13.1 Å². The Morgan fingerprint density at radius 3 is 2.93 bits per heavy atom. The first-order valence-electron chi connectivity index (χ1n) is 9.71. The lowest BCUT2D eigenvalue weighted by atomic mass is 9.94. The Morgan fingerprint density at radius 2 is 2.07 bits per heavy atom. The number of fused-ring (bicyclic) bond motifs is 1. The number of hydrogen-bond acceptors (Lipinski definition) is 5. The summed E-state index contributed by atoms with van der Waals surface area (Å²) in [5.74, 6) is 1.34. The van der Waals surface area contributed by atoms with Gasteiger partial charge in [0.2, 0.25) is 0 Å². The molecular weight excluding hydrogens is 338 g/mol. The number of hydrogen-bond donors (Lipinski definition) is 0. The Bertz CT molecular complexity index is 920. The van der Waals surface area contributed by atoms with Crippen molar-refractivity contribution in [1.29, 1.82) is 0 Å². The maximum Gasteiger partial charge on any atom is 0.176 e. The molecular formula is C21H27N5O. The zero-order valence-corrected chi connectivity index (χ0v) is 16.3. The van der Waals surface area contributed by atoms with Crippen molar-refractivity contribution in [3.8, 4) is 5.75 Å². The predicted molar refractivity (Wildman–Crippen MR) is 106 cm³/mol. The molecule has 0 N–H and O–H groups in total. The molecule has 0 amide bonds. The van der Waals surface area contributed by atoms with Crippen LogP contribution >= 0.6 is 0 Å². The van der Waals surface area contributed by atoms with Crippen LogP contribution in [-0.2, 0) is 13.6 Å². The third-order valence-electron chi connectivity index (χ3n) is 5.05. The molecule has 0 aliphatic carbocycles. The van der Waals surface area contributed by atoms with Crippen LogP contribution in [0.4, 0.5) is 0 Å². The van der Waals surface area contributed by atoms with Crippen molar-refractivity contribution < 1.29 is 4.74 Å². The van der Waals surface area contributed by atoms with E-state index in [-0.39, 0.29) is 6.10 Å². The van der Waals surface area contributed by atoms with E-state index >= 15 is 0 Å². The Hall–Kier alpha value is -2.47. The second kappa shape index (κ2) is 7.64. The van der Waals surface area contributed by atoms with Crippen molar-refractivity contribution in [1.82, 2.24) is 24.6 Å². The summed E-state index contributed by atoms with van der Waals surface area (Å²) in [6, 6.07) is 8.45. The molecule has 6 heteroatoms. The van der Waals surface area contributed by atoms with Crippen molar-refractivity contribution in [2.24, 2.45) is 7.05 Å². The summed E-state index contributed by atoms with van der Waals surface area (Å²) >= 11 is 0. The van der Waals surface area contributed by atoms with Crippen LogP contribution in [0.5, 0.6) is 5.75 Å². The fourth-order valence-electron chi connectivity index (χ4n) is 3.95. The fraction of sp³-hybridized carbons (Fsp3) is 0.476. The monoisotopic (exact) mass is 365 g/mol. The van der Waals surface area contributed by atoms with Crippen LogP contribution in [-0.4, -0.2) is 43.8 Å². The van der Waals surface area contributed by atoms with Gasteiger partial charge in [-0.3, -0.25) is 4.90 Å². The van der Waals surface area contributed by atoms with Gasteiger partial charge in [0.05, 0.1) is 11.8 Å². The molecule has 1 atom stereocenters. The number of rotatable bonds is 5. The van der Waals surface area contributed by atoms with E-state index < -0.39 is 0 Å². The summed E-state index contributed by atoms with van der Waals surface area (Å²) < 4.78 is 7.69. The number of benzene rings is 1. The first-order chi connectivity index (χ1) is 13.1. The van der Waals surface area contributed by atoms with Crippen LogP contribution in [0.2, 0.25) is 0 Å². The van der Waals surface area contributed by atoms with Gasteiger partial charge in [0.15, 0.2) is 5.65 Å². The molecule has 2 aromatic heterocycles. The minimum atomic E-state index is 0.193. The van der Waals surface area contributed by atoms with Gasteiger partial charge in [-0.15, -0.1) is 0 Å². The Labute approximate surface area is 160 Å². The van der Waals surface area contributed by atoms with Gasteiger partial charge >= 0.3 is 0 Å². The van der Waals surface area contributed by atoms with E-state index in [9.17, 15) is 0 Å².